The fourth-order valence-electron chi connectivity index (χ4n) is 4.97. The summed E-state index contributed by atoms with van der Waals surface area (Å²) in [6.45, 7) is 1.94. The fraction of sp³-hybridized carbons (Fsp3) is 0.480. The van der Waals surface area contributed by atoms with Crippen LogP contribution in [0, 0.1) is 5.92 Å². The Labute approximate surface area is 218 Å². The van der Waals surface area contributed by atoms with Crippen molar-refractivity contribution in [2.75, 3.05) is 41.3 Å². The number of rotatable bonds is 7. The second-order valence-electron chi connectivity index (χ2n) is 9.45. The summed E-state index contributed by atoms with van der Waals surface area (Å²) in [5, 5.41) is 5.87. The van der Waals surface area contributed by atoms with Crippen LogP contribution >= 0.6 is 23.4 Å². The average molecular weight is 530 g/mol. The van der Waals surface area contributed by atoms with E-state index in [1.54, 1.807) is 0 Å². The van der Waals surface area contributed by atoms with E-state index in [1.807, 2.05) is 18.2 Å². The number of benzene rings is 1. The van der Waals surface area contributed by atoms with Gasteiger partial charge in [0.25, 0.3) is 5.91 Å². The van der Waals surface area contributed by atoms with E-state index in [4.69, 9.17) is 22.1 Å². The molecule has 5 rings (SSSR count). The molecule has 2 atom stereocenters. The smallest absolute Gasteiger partial charge is 0.414 e. The standard InChI is InChI=1S/C25H28ClN5O4S/c26-22-8-7-21(36-22)24(33)28-12-18-14-31(25(34)35-18)17-5-6-20(30-10-9-16(27)13-30)19(11-17)29-23(32)15-3-1-2-4-15/h5-6,11,15-16,18H,1-4,9-10,12-14,27H2,(H,28,33)(H,29,32). The zero-order valence-electron chi connectivity index (χ0n) is 19.7. The summed E-state index contributed by atoms with van der Waals surface area (Å²) in [5.41, 5.74) is 13.6. The third-order valence-corrected chi connectivity index (χ3v) is 7.98. The molecule has 4 aliphatic rings. The Hall–Kier alpha value is -2.87. The molecule has 0 bridgehead atoms. The van der Waals surface area contributed by atoms with Crippen LogP contribution in [0.3, 0.4) is 0 Å². The molecule has 2 unspecified atom stereocenters. The maximum absolute atomic E-state index is 13.0. The molecule has 3 amide bonds. The van der Waals surface area contributed by atoms with Gasteiger partial charge >= 0.3 is 6.09 Å². The molecule has 3 aliphatic heterocycles. The number of thioether (sulfide) groups is 1. The number of anilines is 3. The Kier molecular flexibility index (Phi) is 7.32. The summed E-state index contributed by atoms with van der Waals surface area (Å²) < 4.78 is 5.84. The van der Waals surface area contributed by atoms with E-state index < -0.39 is 12.2 Å². The number of carbonyl (C=O) groups is 3. The number of hydrogen-bond acceptors (Lipinski definition) is 7. The Morgan fingerprint density at radius 3 is 2.69 bits per heavy atom. The van der Waals surface area contributed by atoms with Crippen LogP contribution in [0.15, 0.2) is 38.9 Å². The van der Waals surface area contributed by atoms with E-state index in [0.29, 0.717) is 27.2 Å². The Balaban J connectivity index is 1.29. The monoisotopic (exact) mass is 529 g/mol. The minimum atomic E-state index is -0.520. The first kappa shape index (κ1) is 24.8. The highest BCUT2D eigenvalue weighted by atomic mass is 35.5. The fourth-order valence-corrected chi connectivity index (χ4v) is 5.80. The van der Waals surface area contributed by atoms with Gasteiger partial charge in [0.05, 0.1) is 24.5 Å². The van der Waals surface area contributed by atoms with Crippen LogP contribution in [-0.4, -0.2) is 56.2 Å². The SMILES string of the molecule is NC1CCN(c2ccc(N3CC(CNC(=O)C4=C=C=C(Cl)S4)OC3=O)cc2NC(=O)C2CCCC2)C1. The first-order valence-electron chi connectivity index (χ1n) is 12.2. The van der Waals surface area contributed by atoms with Gasteiger partial charge in [-0.1, -0.05) is 36.2 Å². The highest BCUT2D eigenvalue weighted by molar-refractivity contribution is 8.09. The maximum atomic E-state index is 13.0. The lowest BCUT2D eigenvalue weighted by Crippen LogP contribution is -2.34. The van der Waals surface area contributed by atoms with Gasteiger partial charge in [-0.3, -0.25) is 14.5 Å². The number of hydrogen-bond donors (Lipinski definition) is 3. The van der Waals surface area contributed by atoms with Gasteiger partial charge in [0.2, 0.25) is 5.91 Å². The van der Waals surface area contributed by atoms with Crippen molar-refractivity contribution in [3.8, 4) is 0 Å². The van der Waals surface area contributed by atoms with Gasteiger partial charge < -0.3 is 26.0 Å². The molecule has 9 nitrogen and oxygen atoms in total. The molecule has 0 radical (unpaired) electrons. The van der Waals surface area contributed by atoms with Crippen LogP contribution in [0.4, 0.5) is 21.9 Å². The van der Waals surface area contributed by atoms with Crippen LogP contribution in [-0.2, 0) is 14.3 Å². The quantitative estimate of drug-likeness (QED) is 0.464. The van der Waals surface area contributed by atoms with Crippen molar-refractivity contribution in [1.82, 2.24) is 5.32 Å². The third-order valence-electron chi connectivity index (χ3n) is 6.88. The minimum absolute atomic E-state index is 0.0140. The zero-order chi connectivity index (χ0) is 25.2. The van der Waals surface area contributed by atoms with Crippen LogP contribution < -0.4 is 26.2 Å². The molecule has 11 heteroatoms. The van der Waals surface area contributed by atoms with Crippen LogP contribution in [0.1, 0.15) is 32.1 Å². The molecule has 190 valence electrons. The van der Waals surface area contributed by atoms with Gasteiger partial charge in [-0.2, -0.15) is 0 Å². The van der Waals surface area contributed by atoms with Gasteiger partial charge in [-0.05, 0) is 48.9 Å². The number of halogens is 1. The summed E-state index contributed by atoms with van der Waals surface area (Å²) in [4.78, 5) is 41.9. The van der Waals surface area contributed by atoms with Crippen LogP contribution in [0.25, 0.3) is 0 Å². The summed E-state index contributed by atoms with van der Waals surface area (Å²) in [5.74, 6) is -0.315. The Morgan fingerprint density at radius 2 is 2.00 bits per heavy atom. The van der Waals surface area contributed by atoms with E-state index >= 15 is 0 Å². The highest BCUT2D eigenvalue weighted by Crippen LogP contribution is 2.36. The molecule has 1 aromatic carbocycles. The topological polar surface area (TPSA) is 117 Å². The van der Waals surface area contributed by atoms with Crippen LogP contribution in [0.5, 0.6) is 0 Å². The molecular formula is C25H28ClN5O4S. The predicted octanol–water partition coefficient (Wildman–Crippen LogP) is 3.26. The number of cyclic esters (lactones) is 1. The van der Waals surface area contributed by atoms with Crippen molar-refractivity contribution in [3.05, 3.63) is 38.9 Å². The van der Waals surface area contributed by atoms with E-state index in [2.05, 4.69) is 27.0 Å². The first-order chi connectivity index (χ1) is 17.4. The molecule has 0 aromatic heterocycles. The number of amides is 3. The number of ether oxygens (including phenoxy) is 1. The molecule has 36 heavy (non-hydrogen) atoms. The second-order valence-corrected chi connectivity index (χ2v) is 11.1. The number of nitrogens with two attached hydrogens (primary N) is 1. The predicted molar refractivity (Wildman–Crippen MR) is 140 cm³/mol. The van der Waals surface area contributed by atoms with Gasteiger partial charge in [0.15, 0.2) is 0 Å². The van der Waals surface area contributed by atoms with Crippen molar-refractivity contribution in [2.24, 2.45) is 11.7 Å². The molecule has 4 N–H and O–H groups in total. The van der Waals surface area contributed by atoms with Gasteiger partial charge in [0, 0.05) is 30.7 Å². The lowest BCUT2D eigenvalue weighted by atomic mass is 10.1. The molecular weight excluding hydrogens is 502 g/mol. The van der Waals surface area contributed by atoms with E-state index in [9.17, 15) is 14.4 Å². The van der Waals surface area contributed by atoms with Gasteiger partial charge in [0.1, 0.15) is 15.4 Å². The molecule has 1 aliphatic carbocycles. The summed E-state index contributed by atoms with van der Waals surface area (Å²) in [6.07, 6.45) is 3.80. The maximum Gasteiger partial charge on any atom is 0.414 e. The Bertz CT molecular complexity index is 1190. The number of nitrogens with one attached hydrogen (secondary N) is 2. The van der Waals surface area contributed by atoms with Gasteiger partial charge in [-0.15, -0.1) is 0 Å². The van der Waals surface area contributed by atoms with Gasteiger partial charge in [-0.25, -0.2) is 4.79 Å². The van der Waals surface area contributed by atoms with E-state index in [1.165, 1.54) is 4.90 Å². The largest absolute Gasteiger partial charge is 0.442 e. The zero-order valence-corrected chi connectivity index (χ0v) is 21.3. The number of carbonyl (C=O) groups excluding carboxylic acids is 3. The average Bonchev–Trinajstić information content (AvgIpc) is 3.66. The molecule has 3 fully saturated rings. The van der Waals surface area contributed by atoms with E-state index in [-0.39, 0.29) is 36.9 Å². The Morgan fingerprint density at radius 1 is 1.19 bits per heavy atom. The lowest BCUT2D eigenvalue weighted by molar-refractivity contribution is -0.119. The number of nitrogens with zero attached hydrogens (tertiary/aromatic N) is 2. The van der Waals surface area contributed by atoms with Crippen molar-refractivity contribution in [3.63, 3.8) is 0 Å². The lowest BCUT2D eigenvalue weighted by Gasteiger charge is -2.24. The van der Waals surface area contributed by atoms with Crippen molar-refractivity contribution < 1.29 is 19.1 Å². The third kappa shape index (κ3) is 5.43. The highest BCUT2D eigenvalue weighted by Gasteiger charge is 2.34. The molecule has 3 heterocycles. The first-order valence-corrected chi connectivity index (χ1v) is 13.4. The normalized spacial score (nSPS) is 23.7. The van der Waals surface area contributed by atoms with Crippen LogP contribution in [0.2, 0.25) is 0 Å². The van der Waals surface area contributed by atoms with Crippen molar-refractivity contribution in [2.45, 2.75) is 44.2 Å². The molecule has 0 spiro atoms. The second kappa shape index (κ2) is 10.6. The summed E-state index contributed by atoms with van der Waals surface area (Å²) in [6, 6.07) is 5.69. The van der Waals surface area contributed by atoms with Crippen molar-refractivity contribution >= 4 is 58.3 Å². The summed E-state index contributed by atoms with van der Waals surface area (Å²) in [7, 11) is 0. The molecule has 1 aromatic rings. The molecule has 2 saturated heterocycles. The summed E-state index contributed by atoms with van der Waals surface area (Å²) >= 11 is 6.90. The minimum Gasteiger partial charge on any atom is -0.442 e. The molecule has 1 saturated carbocycles. The van der Waals surface area contributed by atoms with E-state index in [0.717, 1.165) is 56.1 Å². The van der Waals surface area contributed by atoms with Crippen molar-refractivity contribution in [1.29, 1.82) is 0 Å².